The minimum Gasteiger partial charge on any atom is -0.468 e. The van der Waals surface area contributed by atoms with Crippen LogP contribution in [0.25, 0.3) is 0 Å². The van der Waals surface area contributed by atoms with E-state index >= 15 is 0 Å². The summed E-state index contributed by atoms with van der Waals surface area (Å²) in [4.78, 5) is 14.1. The maximum absolute atomic E-state index is 11.7. The third-order valence-corrected chi connectivity index (χ3v) is 3.44. The normalized spacial score (nSPS) is 21.7. The fourth-order valence-electron chi connectivity index (χ4n) is 2.44. The Bertz CT molecular complexity index is 436. The summed E-state index contributed by atoms with van der Waals surface area (Å²) in [6.07, 6.45) is 2.29. The van der Waals surface area contributed by atoms with E-state index in [0.717, 1.165) is 25.3 Å². The molecule has 5 heteroatoms. The summed E-state index contributed by atoms with van der Waals surface area (Å²) in [5.74, 6) is 0.961. The van der Waals surface area contributed by atoms with E-state index in [1.807, 2.05) is 32.9 Å². The Morgan fingerprint density at radius 3 is 2.90 bits per heavy atom. The maximum Gasteiger partial charge on any atom is 0.407 e. The molecule has 2 heterocycles. The van der Waals surface area contributed by atoms with Crippen molar-refractivity contribution in [2.75, 3.05) is 13.1 Å². The summed E-state index contributed by atoms with van der Waals surface area (Å²) in [5.41, 5.74) is -0.455. The van der Waals surface area contributed by atoms with Crippen LogP contribution in [0.2, 0.25) is 0 Å². The first kappa shape index (κ1) is 14.9. The average Bonchev–Trinajstić information content (AvgIpc) is 2.95. The van der Waals surface area contributed by atoms with Crippen LogP contribution in [0.1, 0.15) is 45.9 Å². The number of nitrogens with zero attached hydrogens (tertiary/aromatic N) is 1. The van der Waals surface area contributed by atoms with E-state index < -0.39 is 5.60 Å². The molecule has 0 aliphatic carbocycles. The Kier molecular flexibility index (Phi) is 4.38. The largest absolute Gasteiger partial charge is 0.468 e. The van der Waals surface area contributed by atoms with Crippen LogP contribution in [0.3, 0.4) is 0 Å². The fraction of sp³-hybridized carbons (Fsp3) is 0.667. The molecule has 1 aromatic rings. The number of alkyl carbamates (subject to hydrolysis) is 1. The molecule has 0 saturated carbocycles. The van der Waals surface area contributed by atoms with Crippen LogP contribution < -0.4 is 5.32 Å². The Balaban J connectivity index is 1.82. The molecule has 5 nitrogen and oxygen atoms in total. The summed E-state index contributed by atoms with van der Waals surface area (Å²) in [6.45, 7) is 9.49. The highest BCUT2D eigenvalue weighted by Gasteiger charge is 2.29. The van der Waals surface area contributed by atoms with Gasteiger partial charge in [0.15, 0.2) is 0 Å². The van der Waals surface area contributed by atoms with Crippen molar-refractivity contribution in [3.05, 3.63) is 24.2 Å². The standard InChI is InChI=1S/C15H24N2O3/c1-11(13-6-5-9-19-13)17-8-7-12(10-17)16-14(18)20-15(2,3)4/h5-6,9,11-12H,7-8,10H2,1-4H3,(H,16,18)/t11-,12-/m0/s1. The molecule has 0 radical (unpaired) electrons. The van der Waals surface area contributed by atoms with E-state index in [4.69, 9.17) is 9.15 Å². The van der Waals surface area contributed by atoms with Gasteiger partial charge in [0, 0.05) is 19.1 Å². The van der Waals surface area contributed by atoms with Gasteiger partial charge in [-0.15, -0.1) is 0 Å². The summed E-state index contributed by atoms with van der Waals surface area (Å²) < 4.78 is 10.7. The van der Waals surface area contributed by atoms with Crippen LogP contribution in [0.4, 0.5) is 4.79 Å². The van der Waals surface area contributed by atoms with Crippen LogP contribution in [0.15, 0.2) is 22.8 Å². The molecule has 1 aliphatic heterocycles. The molecule has 0 spiro atoms. The quantitative estimate of drug-likeness (QED) is 0.925. The summed E-state index contributed by atoms with van der Waals surface area (Å²) in [7, 11) is 0. The molecule has 20 heavy (non-hydrogen) atoms. The van der Waals surface area contributed by atoms with Crippen LogP contribution in [0.5, 0.6) is 0 Å². The lowest BCUT2D eigenvalue weighted by Crippen LogP contribution is -2.40. The van der Waals surface area contributed by atoms with Crippen molar-refractivity contribution in [3.63, 3.8) is 0 Å². The maximum atomic E-state index is 11.7. The van der Waals surface area contributed by atoms with Crippen molar-refractivity contribution in [1.82, 2.24) is 10.2 Å². The minimum atomic E-state index is -0.455. The average molecular weight is 280 g/mol. The SMILES string of the molecule is C[C@@H](c1ccco1)N1CC[C@H](NC(=O)OC(C)(C)C)C1. The number of hydrogen-bond acceptors (Lipinski definition) is 4. The highest BCUT2D eigenvalue weighted by atomic mass is 16.6. The zero-order chi connectivity index (χ0) is 14.8. The molecule has 1 fully saturated rings. The molecule has 0 unspecified atom stereocenters. The van der Waals surface area contributed by atoms with E-state index in [1.165, 1.54) is 0 Å². The first-order chi connectivity index (χ1) is 9.35. The molecule has 2 atom stereocenters. The first-order valence-corrected chi connectivity index (χ1v) is 7.12. The van der Waals surface area contributed by atoms with Crippen molar-refractivity contribution in [1.29, 1.82) is 0 Å². The van der Waals surface area contributed by atoms with Gasteiger partial charge in [0.2, 0.25) is 0 Å². The van der Waals surface area contributed by atoms with Crippen LogP contribution >= 0.6 is 0 Å². The van der Waals surface area contributed by atoms with Gasteiger partial charge in [-0.1, -0.05) is 0 Å². The Hall–Kier alpha value is -1.49. The lowest BCUT2D eigenvalue weighted by Gasteiger charge is -2.24. The van der Waals surface area contributed by atoms with Gasteiger partial charge in [0.1, 0.15) is 11.4 Å². The Morgan fingerprint density at radius 2 is 2.30 bits per heavy atom. The number of ether oxygens (including phenoxy) is 1. The smallest absolute Gasteiger partial charge is 0.407 e. The predicted octanol–water partition coefficient (Wildman–Crippen LogP) is 2.94. The van der Waals surface area contributed by atoms with E-state index in [0.29, 0.717) is 0 Å². The predicted molar refractivity (Wildman–Crippen MR) is 76.5 cm³/mol. The third-order valence-electron chi connectivity index (χ3n) is 3.44. The molecule has 0 bridgehead atoms. The molecule has 1 aliphatic rings. The number of nitrogens with one attached hydrogen (secondary N) is 1. The Morgan fingerprint density at radius 1 is 1.55 bits per heavy atom. The van der Waals surface area contributed by atoms with Crippen molar-refractivity contribution in [3.8, 4) is 0 Å². The lowest BCUT2D eigenvalue weighted by atomic mass is 10.2. The second-order valence-electron chi connectivity index (χ2n) is 6.32. The summed E-state index contributed by atoms with van der Waals surface area (Å²) in [5, 5.41) is 2.93. The molecular weight excluding hydrogens is 256 g/mol. The number of rotatable bonds is 3. The highest BCUT2D eigenvalue weighted by Crippen LogP contribution is 2.25. The summed E-state index contributed by atoms with van der Waals surface area (Å²) >= 11 is 0. The minimum absolute atomic E-state index is 0.141. The van der Waals surface area contributed by atoms with Gasteiger partial charge in [-0.3, -0.25) is 4.90 Å². The fourth-order valence-corrected chi connectivity index (χ4v) is 2.44. The number of hydrogen-bond donors (Lipinski definition) is 1. The van der Waals surface area contributed by atoms with Crippen LogP contribution in [-0.4, -0.2) is 35.7 Å². The molecule has 1 aromatic heterocycles. The molecule has 0 aromatic carbocycles. The second kappa shape index (κ2) is 5.87. The van der Waals surface area contributed by atoms with Gasteiger partial charge in [0.25, 0.3) is 0 Å². The van der Waals surface area contributed by atoms with Gasteiger partial charge in [-0.25, -0.2) is 4.79 Å². The molecular formula is C15H24N2O3. The summed E-state index contributed by atoms with van der Waals surface area (Å²) in [6, 6.07) is 4.26. The molecule has 1 saturated heterocycles. The molecule has 112 valence electrons. The van der Waals surface area contributed by atoms with Crippen LogP contribution in [0, 0.1) is 0 Å². The van der Waals surface area contributed by atoms with E-state index in [9.17, 15) is 4.79 Å². The van der Waals surface area contributed by atoms with E-state index in [-0.39, 0.29) is 18.2 Å². The van der Waals surface area contributed by atoms with Gasteiger partial charge in [-0.05, 0) is 46.2 Å². The van der Waals surface area contributed by atoms with Crippen molar-refractivity contribution >= 4 is 6.09 Å². The number of furan rings is 1. The highest BCUT2D eigenvalue weighted by molar-refractivity contribution is 5.68. The van der Waals surface area contributed by atoms with Gasteiger partial charge in [0.05, 0.1) is 12.3 Å². The third kappa shape index (κ3) is 4.00. The molecule has 2 rings (SSSR count). The number of likely N-dealkylation sites (tertiary alicyclic amines) is 1. The van der Waals surface area contributed by atoms with E-state index in [2.05, 4.69) is 17.1 Å². The number of carbonyl (C=O) groups excluding carboxylic acids is 1. The molecule has 1 N–H and O–H groups in total. The van der Waals surface area contributed by atoms with Gasteiger partial charge in [-0.2, -0.15) is 0 Å². The second-order valence-corrected chi connectivity index (χ2v) is 6.32. The molecule has 1 amide bonds. The van der Waals surface area contributed by atoms with E-state index in [1.54, 1.807) is 6.26 Å². The van der Waals surface area contributed by atoms with Gasteiger partial charge >= 0.3 is 6.09 Å². The number of carbonyl (C=O) groups is 1. The zero-order valence-electron chi connectivity index (χ0n) is 12.7. The van der Waals surface area contributed by atoms with Crippen LogP contribution in [-0.2, 0) is 4.74 Å². The monoisotopic (exact) mass is 280 g/mol. The topological polar surface area (TPSA) is 54.7 Å². The van der Waals surface area contributed by atoms with Crippen molar-refractivity contribution in [2.45, 2.75) is 51.8 Å². The van der Waals surface area contributed by atoms with Crippen molar-refractivity contribution < 1.29 is 13.9 Å². The van der Waals surface area contributed by atoms with Gasteiger partial charge < -0.3 is 14.5 Å². The lowest BCUT2D eigenvalue weighted by molar-refractivity contribution is 0.0504. The van der Waals surface area contributed by atoms with Crippen molar-refractivity contribution in [2.24, 2.45) is 0 Å². The first-order valence-electron chi connectivity index (χ1n) is 7.12. The zero-order valence-corrected chi connectivity index (χ0v) is 12.7. The Labute approximate surface area is 120 Å². The number of amides is 1.